The van der Waals surface area contributed by atoms with Crippen LogP contribution in [0.15, 0.2) is 87.0 Å². The van der Waals surface area contributed by atoms with Crippen molar-refractivity contribution in [2.24, 2.45) is 19.1 Å². The zero-order valence-electron chi connectivity index (χ0n) is 42.1. The molecule has 0 bridgehead atoms. The molecule has 0 fully saturated rings. The molecular formula is C48H41ClF6N14O8S2. The molecule has 0 radical (unpaired) electrons. The maximum atomic E-state index is 13.3. The second kappa shape index (κ2) is 22.8. The van der Waals surface area contributed by atoms with Gasteiger partial charge < -0.3 is 18.9 Å². The number of thiazole rings is 2. The van der Waals surface area contributed by atoms with E-state index in [9.17, 15) is 55.1 Å². The number of rotatable bonds is 12. The largest absolute Gasteiger partial charge is 0.418 e. The van der Waals surface area contributed by atoms with E-state index in [4.69, 9.17) is 20.6 Å². The lowest BCUT2D eigenvalue weighted by Crippen LogP contribution is -2.40. The summed E-state index contributed by atoms with van der Waals surface area (Å²) in [5.74, 6) is 0.846. The van der Waals surface area contributed by atoms with E-state index < -0.39 is 46.3 Å². The number of aryl methyl sites for hydroxylation is 5. The molecule has 22 nitrogen and oxygen atoms in total. The summed E-state index contributed by atoms with van der Waals surface area (Å²) >= 11 is 7.61. The number of halogens is 7. The number of carbonyl (C=O) groups is 2. The number of anilines is 1. The second-order valence-electron chi connectivity index (χ2n) is 17.5. The first kappa shape index (κ1) is 56.7. The van der Waals surface area contributed by atoms with Gasteiger partial charge in [-0.3, -0.25) is 47.4 Å². The second-order valence-corrected chi connectivity index (χ2v) is 19.5. The average molecular weight is 1160 g/mol. The molecule has 0 saturated heterocycles. The fourth-order valence-corrected chi connectivity index (χ4v) is 9.49. The van der Waals surface area contributed by atoms with Crippen molar-refractivity contribution in [3.8, 4) is 21.1 Å². The number of aliphatic imine (C=N–C) groups is 1. The predicted octanol–water partition coefficient (Wildman–Crippen LogP) is 6.76. The van der Waals surface area contributed by atoms with Crippen molar-refractivity contribution in [2.75, 3.05) is 11.2 Å². The van der Waals surface area contributed by atoms with Gasteiger partial charge in [0.15, 0.2) is 16.9 Å². The molecule has 10 heterocycles. The first-order chi connectivity index (χ1) is 37.3. The summed E-state index contributed by atoms with van der Waals surface area (Å²) in [6, 6.07) is 5.28. The van der Waals surface area contributed by atoms with Gasteiger partial charge in [-0.25, -0.2) is 29.5 Å². The molecule has 1 amide bonds. The van der Waals surface area contributed by atoms with Gasteiger partial charge in [-0.15, -0.1) is 34.3 Å². The molecule has 0 unspecified atom stereocenters. The Kier molecular flexibility index (Phi) is 16.4. The molecule has 1 N–H and O–H groups in total. The number of hydrogen-bond acceptors (Lipinski definition) is 18. The Hall–Kier alpha value is -8.51. The summed E-state index contributed by atoms with van der Waals surface area (Å²) in [4.78, 5) is 98.5. The minimum absolute atomic E-state index is 0.0249. The number of pyridine rings is 2. The van der Waals surface area contributed by atoms with Gasteiger partial charge in [-0.05, 0) is 39.8 Å². The summed E-state index contributed by atoms with van der Waals surface area (Å²) in [7, 11) is 3.06. The van der Waals surface area contributed by atoms with Crippen LogP contribution in [0, 0.1) is 27.7 Å². The molecule has 0 aliphatic carbocycles. The first-order valence-corrected chi connectivity index (χ1v) is 25.3. The number of aromatic nitrogens is 12. The number of fused-ring (bicyclic) bond motifs is 2. The highest BCUT2D eigenvalue weighted by Gasteiger charge is 2.35. The van der Waals surface area contributed by atoms with Gasteiger partial charge in [-0.2, -0.15) is 26.3 Å². The molecular weight excluding hydrogens is 1110 g/mol. The van der Waals surface area contributed by atoms with Crippen LogP contribution >= 0.6 is 34.3 Å². The minimum atomic E-state index is -4.56. The van der Waals surface area contributed by atoms with E-state index in [1.165, 1.54) is 70.0 Å². The molecule has 0 spiro atoms. The Bertz CT molecular complexity index is 4090. The van der Waals surface area contributed by atoms with Gasteiger partial charge in [0.1, 0.15) is 51.1 Å². The average Bonchev–Trinajstić information content (AvgIpc) is 4.43. The molecule has 0 saturated carbocycles. The lowest BCUT2D eigenvalue weighted by molar-refractivity contribution is -0.139. The highest BCUT2D eigenvalue weighted by molar-refractivity contribution is 7.13. The SMILES string of the molecule is Cc1cc(Cn2c(=O)c3c(n(C)c2=O)N=CC3)no1.Cc1cc(Cn2c(=O)c3c(ncn3CC(=O)Nc3csc(-c4cnc(C)c(C(F)(F)F)c4)n3)n(C)c2=O)no1.Cc1ncc(-c2nc(CC(=O)CCl)cs2)cc1C(F)(F)F. The number of carbonyl (C=O) groups excluding carboxylic acids is 2. The topological polar surface area (TPSA) is 268 Å². The van der Waals surface area contributed by atoms with E-state index >= 15 is 0 Å². The Morgan fingerprint density at radius 2 is 1.27 bits per heavy atom. The molecule has 412 valence electrons. The van der Waals surface area contributed by atoms with Crippen LogP contribution in [0.1, 0.15) is 56.7 Å². The molecule has 9 aromatic rings. The van der Waals surface area contributed by atoms with E-state index in [0.717, 1.165) is 32.6 Å². The zero-order valence-corrected chi connectivity index (χ0v) is 44.4. The third-order valence-corrected chi connectivity index (χ3v) is 13.8. The monoisotopic (exact) mass is 1150 g/mol. The molecule has 1 aliphatic rings. The van der Waals surface area contributed by atoms with Crippen molar-refractivity contribution in [2.45, 2.75) is 72.5 Å². The Labute approximate surface area is 452 Å². The third-order valence-electron chi connectivity index (χ3n) is 11.7. The molecule has 0 atom stereocenters. The molecule has 0 aromatic carbocycles. The number of alkyl halides is 7. The van der Waals surface area contributed by atoms with Crippen molar-refractivity contribution in [1.29, 1.82) is 0 Å². The number of nitrogens with zero attached hydrogens (tertiary/aromatic N) is 13. The van der Waals surface area contributed by atoms with Crippen LogP contribution in [0.25, 0.3) is 32.3 Å². The van der Waals surface area contributed by atoms with E-state index in [1.54, 1.807) is 44.6 Å². The van der Waals surface area contributed by atoms with Crippen molar-refractivity contribution >= 4 is 75.0 Å². The molecule has 31 heteroatoms. The van der Waals surface area contributed by atoms with Crippen LogP contribution < -0.4 is 27.8 Å². The molecule has 10 rings (SSSR count). The summed E-state index contributed by atoms with van der Waals surface area (Å²) < 4.78 is 94.2. The smallest absolute Gasteiger partial charge is 0.361 e. The quantitative estimate of drug-likeness (QED) is 0.0978. The van der Waals surface area contributed by atoms with Gasteiger partial charge in [-0.1, -0.05) is 10.3 Å². The number of Topliss-reactive ketones (excluding diaryl/α,β-unsaturated/α-hetero) is 1. The summed E-state index contributed by atoms with van der Waals surface area (Å²) in [5.41, 5.74) is -1.36. The highest BCUT2D eigenvalue weighted by atomic mass is 35.5. The van der Waals surface area contributed by atoms with E-state index in [1.807, 2.05) is 0 Å². The molecule has 9 aromatic heterocycles. The normalized spacial score (nSPS) is 12.1. The number of nitrogens with one attached hydrogen (secondary N) is 1. The van der Waals surface area contributed by atoms with Crippen LogP contribution in [-0.2, 0) is 68.5 Å². The van der Waals surface area contributed by atoms with Gasteiger partial charge >= 0.3 is 23.7 Å². The number of imidazole rings is 1. The van der Waals surface area contributed by atoms with Crippen molar-refractivity contribution in [3.63, 3.8) is 0 Å². The Morgan fingerprint density at radius 3 is 1.81 bits per heavy atom. The Balaban J connectivity index is 0.000000172. The van der Waals surface area contributed by atoms with E-state index in [2.05, 4.69) is 45.5 Å². The third kappa shape index (κ3) is 12.6. The lowest BCUT2D eigenvalue weighted by Gasteiger charge is -2.10. The summed E-state index contributed by atoms with van der Waals surface area (Å²) in [5, 5.41) is 13.9. The van der Waals surface area contributed by atoms with Crippen LogP contribution in [0.5, 0.6) is 0 Å². The lowest BCUT2D eigenvalue weighted by atomic mass is 10.1. The number of amides is 1. The van der Waals surface area contributed by atoms with Gasteiger partial charge in [0, 0.05) is 84.5 Å². The van der Waals surface area contributed by atoms with Gasteiger partial charge in [0.2, 0.25) is 5.91 Å². The van der Waals surface area contributed by atoms with Gasteiger partial charge in [0.05, 0.1) is 54.1 Å². The maximum Gasteiger partial charge on any atom is 0.418 e. The van der Waals surface area contributed by atoms with E-state index in [0.29, 0.717) is 51.4 Å². The fourth-order valence-electron chi connectivity index (χ4n) is 7.86. The van der Waals surface area contributed by atoms with Crippen molar-refractivity contribution in [3.05, 3.63) is 152 Å². The van der Waals surface area contributed by atoms with Crippen LogP contribution in [-0.4, -0.2) is 81.9 Å². The maximum absolute atomic E-state index is 13.3. The first-order valence-electron chi connectivity index (χ1n) is 23.0. The highest BCUT2D eigenvalue weighted by Crippen LogP contribution is 2.36. The number of hydrogen-bond donors (Lipinski definition) is 1. The Morgan fingerprint density at radius 1 is 0.722 bits per heavy atom. The van der Waals surface area contributed by atoms with Crippen LogP contribution in [0.2, 0.25) is 0 Å². The van der Waals surface area contributed by atoms with E-state index in [-0.39, 0.29) is 87.8 Å². The standard InChI is InChI=1S/C23H19F3N8O4S.C13H10ClF3N2OS.C12H12N4O3/c1-11-4-14(31-38-11)7-34-21(36)18-19(32(3)22(34)37)28-10-33(18)8-17(35)29-16-9-39-20(30-16)13-5-15(23(24,25)26)12(2)27-6-13;1-7-11(13(15,16)17)2-8(5-18-7)12-19-9(6-21-12)3-10(20)4-14;1-7-5-8(14-19-7)6-16-11(17)9-3-4-13-10(9)15(2)12(16)18/h4-6,9-10H,7-8H2,1-3H3,(H,29,35);2,5-6H,3-4H2,1H3;4-5H,3,6H2,1-2H3. The minimum Gasteiger partial charge on any atom is -0.361 e. The van der Waals surface area contributed by atoms with Crippen LogP contribution in [0.4, 0.5) is 38.0 Å². The zero-order chi connectivity index (χ0) is 57.2. The molecule has 1 aliphatic heterocycles. The molecule has 79 heavy (non-hydrogen) atoms. The number of ketones is 1. The predicted molar refractivity (Wildman–Crippen MR) is 276 cm³/mol. The van der Waals surface area contributed by atoms with Crippen molar-refractivity contribution in [1.82, 2.24) is 58.1 Å². The summed E-state index contributed by atoms with van der Waals surface area (Å²) in [6.07, 6.45) is -2.97. The van der Waals surface area contributed by atoms with Crippen molar-refractivity contribution < 1.29 is 45.0 Å². The summed E-state index contributed by atoms with van der Waals surface area (Å²) in [6.45, 7) is 5.63. The fraction of sp³-hybridized carbons (Fsp3) is 0.292. The van der Waals surface area contributed by atoms with Gasteiger partial charge in [0.25, 0.3) is 11.1 Å². The van der Waals surface area contributed by atoms with Crippen LogP contribution in [0.3, 0.4) is 0 Å².